The molecule has 0 heterocycles. The highest BCUT2D eigenvalue weighted by molar-refractivity contribution is 5.73. The molecule has 2 bridgehead atoms. The van der Waals surface area contributed by atoms with E-state index in [2.05, 4.69) is 0 Å². The lowest BCUT2D eigenvalue weighted by molar-refractivity contribution is -0.364. The van der Waals surface area contributed by atoms with Crippen molar-refractivity contribution in [3.63, 3.8) is 0 Å². The molecule has 15 heavy (non-hydrogen) atoms. The maximum atomic E-state index is 12.5. The van der Waals surface area contributed by atoms with Crippen molar-refractivity contribution in [1.82, 2.24) is 4.90 Å². The van der Waals surface area contributed by atoms with Crippen LogP contribution in [0.5, 0.6) is 0 Å². The standard InChI is InChI=1S/C10H14F3NO/c1-7(15)14(2)6-8-3-9(4-8,5-8)10(11,12)13/h3-6H2,1-2H3. The molecule has 5 heteroatoms. The average molecular weight is 221 g/mol. The fourth-order valence-electron chi connectivity index (χ4n) is 3.08. The number of carbonyl (C=O) groups excluding carboxylic acids is 1. The summed E-state index contributed by atoms with van der Waals surface area (Å²) in [7, 11) is 1.64. The van der Waals surface area contributed by atoms with E-state index < -0.39 is 11.6 Å². The Hall–Kier alpha value is -0.740. The van der Waals surface area contributed by atoms with Crippen molar-refractivity contribution in [2.24, 2.45) is 10.8 Å². The predicted molar refractivity (Wildman–Crippen MR) is 48.1 cm³/mol. The van der Waals surface area contributed by atoms with Gasteiger partial charge in [0, 0.05) is 20.5 Å². The first-order valence-corrected chi connectivity index (χ1v) is 4.98. The number of amides is 1. The summed E-state index contributed by atoms with van der Waals surface area (Å²) < 4.78 is 37.5. The van der Waals surface area contributed by atoms with Crippen LogP contribution in [0.25, 0.3) is 0 Å². The van der Waals surface area contributed by atoms with Crippen LogP contribution in [0.15, 0.2) is 0 Å². The Morgan fingerprint density at radius 3 is 2.13 bits per heavy atom. The van der Waals surface area contributed by atoms with Crippen molar-refractivity contribution < 1.29 is 18.0 Å². The number of rotatable bonds is 2. The van der Waals surface area contributed by atoms with E-state index >= 15 is 0 Å². The van der Waals surface area contributed by atoms with Crippen LogP contribution in [0, 0.1) is 10.8 Å². The van der Waals surface area contributed by atoms with Crippen LogP contribution in [-0.2, 0) is 4.79 Å². The smallest absolute Gasteiger partial charge is 0.345 e. The molecule has 0 aromatic rings. The van der Waals surface area contributed by atoms with Gasteiger partial charge in [0.25, 0.3) is 0 Å². The Kier molecular flexibility index (Phi) is 1.93. The molecule has 0 saturated heterocycles. The van der Waals surface area contributed by atoms with E-state index in [1.54, 1.807) is 7.05 Å². The number of alkyl halides is 3. The van der Waals surface area contributed by atoms with Gasteiger partial charge in [0.15, 0.2) is 0 Å². The van der Waals surface area contributed by atoms with Crippen molar-refractivity contribution in [2.45, 2.75) is 32.4 Å². The highest BCUT2D eigenvalue weighted by Crippen LogP contribution is 2.78. The van der Waals surface area contributed by atoms with Crippen LogP contribution in [0.2, 0.25) is 0 Å². The molecule has 3 aliphatic rings. The predicted octanol–water partition coefficient (Wildman–Crippen LogP) is 2.20. The van der Waals surface area contributed by atoms with Gasteiger partial charge in [-0.3, -0.25) is 4.79 Å². The molecule has 0 unspecified atom stereocenters. The lowest BCUT2D eigenvalue weighted by Crippen LogP contribution is -2.70. The Morgan fingerprint density at radius 2 is 1.80 bits per heavy atom. The molecule has 0 spiro atoms. The molecule has 3 rings (SSSR count). The molecule has 3 fully saturated rings. The lowest BCUT2D eigenvalue weighted by Gasteiger charge is -2.71. The van der Waals surface area contributed by atoms with Gasteiger partial charge in [-0.2, -0.15) is 13.2 Å². The number of nitrogens with zero attached hydrogens (tertiary/aromatic N) is 1. The number of carbonyl (C=O) groups is 1. The summed E-state index contributed by atoms with van der Waals surface area (Å²) in [6.45, 7) is 1.91. The van der Waals surface area contributed by atoms with Gasteiger partial charge in [-0.15, -0.1) is 0 Å². The summed E-state index contributed by atoms with van der Waals surface area (Å²) >= 11 is 0. The van der Waals surface area contributed by atoms with Crippen LogP contribution in [-0.4, -0.2) is 30.6 Å². The van der Waals surface area contributed by atoms with E-state index in [1.807, 2.05) is 0 Å². The third-order valence-electron chi connectivity index (χ3n) is 3.85. The number of hydrogen-bond acceptors (Lipinski definition) is 1. The van der Waals surface area contributed by atoms with Gasteiger partial charge < -0.3 is 4.90 Å². The van der Waals surface area contributed by atoms with Crippen molar-refractivity contribution in [3.8, 4) is 0 Å². The zero-order chi connectivity index (χ0) is 11.5. The molecule has 0 aromatic heterocycles. The summed E-state index contributed by atoms with van der Waals surface area (Å²) in [6.07, 6.45) is -3.42. The van der Waals surface area contributed by atoms with Crippen LogP contribution in [0.3, 0.4) is 0 Å². The van der Waals surface area contributed by atoms with Gasteiger partial charge in [-0.1, -0.05) is 0 Å². The summed E-state index contributed by atoms with van der Waals surface area (Å²) in [5.74, 6) is -0.0826. The van der Waals surface area contributed by atoms with Crippen molar-refractivity contribution in [3.05, 3.63) is 0 Å². The molecular weight excluding hydrogens is 207 g/mol. The zero-order valence-corrected chi connectivity index (χ0v) is 8.82. The molecule has 2 nitrogen and oxygen atoms in total. The monoisotopic (exact) mass is 221 g/mol. The minimum Gasteiger partial charge on any atom is -0.345 e. The van der Waals surface area contributed by atoms with E-state index in [9.17, 15) is 18.0 Å². The molecule has 0 aliphatic heterocycles. The van der Waals surface area contributed by atoms with Gasteiger partial charge in [0.1, 0.15) is 0 Å². The minimum atomic E-state index is -4.05. The number of hydrogen-bond donors (Lipinski definition) is 0. The largest absolute Gasteiger partial charge is 0.394 e. The van der Waals surface area contributed by atoms with Gasteiger partial charge in [0.05, 0.1) is 5.41 Å². The second-order valence-corrected chi connectivity index (χ2v) is 5.18. The number of halogens is 3. The summed E-state index contributed by atoms with van der Waals surface area (Å²) in [5.41, 5.74) is -1.62. The normalized spacial score (nSPS) is 37.9. The van der Waals surface area contributed by atoms with Crippen LogP contribution in [0.1, 0.15) is 26.2 Å². The quantitative estimate of drug-likeness (QED) is 0.700. The fourth-order valence-corrected chi connectivity index (χ4v) is 3.08. The first-order chi connectivity index (χ1) is 6.70. The van der Waals surface area contributed by atoms with Gasteiger partial charge in [-0.05, 0) is 24.7 Å². The van der Waals surface area contributed by atoms with E-state index in [0.717, 1.165) is 0 Å². The van der Waals surface area contributed by atoms with E-state index in [1.165, 1.54) is 11.8 Å². The average Bonchev–Trinajstić information content (AvgIpc) is 1.89. The van der Waals surface area contributed by atoms with Crippen LogP contribution >= 0.6 is 0 Å². The Bertz CT molecular complexity index is 291. The summed E-state index contributed by atoms with van der Waals surface area (Å²) in [5, 5.41) is 0. The van der Waals surface area contributed by atoms with Gasteiger partial charge in [0.2, 0.25) is 5.91 Å². The topological polar surface area (TPSA) is 20.3 Å². The lowest BCUT2D eigenvalue weighted by atomic mass is 9.34. The van der Waals surface area contributed by atoms with Crippen molar-refractivity contribution in [2.75, 3.05) is 13.6 Å². The maximum Gasteiger partial charge on any atom is 0.394 e. The highest BCUT2D eigenvalue weighted by atomic mass is 19.4. The van der Waals surface area contributed by atoms with Gasteiger partial charge >= 0.3 is 6.18 Å². The second-order valence-electron chi connectivity index (χ2n) is 5.18. The highest BCUT2D eigenvalue weighted by Gasteiger charge is 2.78. The molecular formula is C10H14F3NO. The van der Waals surface area contributed by atoms with Crippen molar-refractivity contribution >= 4 is 5.91 Å². The SMILES string of the molecule is CC(=O)N(C)CC12CC(C(F)(F)F)(C1)C2. The second kappa shape index (κ2) is 2.68. The fraction of sp³-hybridized carbons (Fsp3) is 0.900. The van der Waals surface area contributed by atoms with Gasteiger partial charge in [-0.25, -0.2) is 0 Å². The third-order valence-corrected chi connectivity index (χ3v) is 3.85. The van der Waals surface area contributed by atoms with E-state index in [0.29, 0.717) is 6.54 Å². The first kappa shape index (κ1) is 10.8. The molecule has 86 valence electrons. The molecule has 3 saturated carbocycles. The molecule has 0 radical (unpaired) electrons. The van der Waals surface area contributed by atoms with E-state index in [4.69, 9.17) is 0 Å². The maximum absolute atomic E-state index is 12.5. The minimum absolute atomic E-state index is 0.0826. The molecule has 0 aromatic carbocycles. The Morgan fingerprint density at radius 1 is 1.33 bits per heavy atom. The third kappa shape index (κ3) is 1.35. The summed E-state index contributed by atoms with van der Waals surface area (Å²) in [4.78, 5) is 12.5. The molecule has 1 amide bonds. The summed E-state index contributed by atoms with van der Waals surface area (Å²) in [6, 6.07) is 0. The Labute approximate surface area is 86.4 Å². The van der Waals surface area contributed by atoms with Crippen LogP contribution < -0.4 is 0 Å². The zero-order valence-electron chi connectivity index (χ0n) is 8.82. The van der Waals surface area contributed by atoms with E-state index in [-0.39, 0.29) is 30.6 Å². The molecule has 3 aliphatic carbocycles. The molecule has 0 atom stereocenters. The Balaban J connectivity index is 1.91. The van der Waals surface area contributed by atoms with Crippen molar-refractivity contribution in [1.29, 1.82) is 0 Å². The molecule has 0 N–H and O–H groups in total. The van der Waals surface area contributed by atoms with Crippen LogP contribution in [0.4, 0.5) is 13.2 Å². The first-order valence-electron chi connectivity index (χ1n) is 4.98.